The number of fused-ring (bicyclic) bond motifs is 2. The second-order valence-electron chi connectivity index (χ2n) is 7.30. The molecule has 0 unspecified atom stereocenters. The molecule has 0 saturated heterocycles. The van der Waals surface area contributed by atoms with Crippen molar-refractivity contribution in [3.63, 3.8) is 0 Å². The van der Waals surface area contributed by atoms with E-state index in [0.29, 0.717) is 21.6 Å². The molecule has 32 heavy (non-hydrogen) atoms. The molecular formula is C25H19ClN4OS. The molecule has 2 aliphatic rings. The summed E-state index contributed by atoms with van der Waals surface area (Å²) in [5, 5.41) is 12.2. The highest BCUT2D eigenvalue weighted by atomic mass is 35.5. The average Bonchev–Trinajstić information content (AvgIpc) is 2.82. The van der Waals surface area contributed by atoms with Gasteiger partial charge in [-0.1, -0.05) is 90.1 Å². The van der Waals surface area contributed by atoms with Crippen molar-refractivity contribution in [2.24, 2.45) is 10.1 Å². The molecule has 1 atom stereocenters. The number of nitrogens with zero attached hydrogens (tertiary/aromatic N) is 3. The number of hydrogen-bond donors (Lipinski definition) is 1. The number of hydrogen-bond acceptors (Lipinski definition) is 5. The maximum absolute atomic E-state index is 13.1. The van der Waals surface area contributed by atoms with Crippen molar-refractivity contribution < 1.29 is 4.79 Å². The fraction of sp³-hybridized carbons (Fsp3) is 0.0800. The summed E-state index contributed by atoms with van der Waals surface area (Å²) in [4.78, 5) is 18.0. The maximum atomic E-state index is 13.1. The first-order chi connectivity index (χ1) is 15.7. The number of halogens is 1. The zero-order valence-electron chi connectivity index (χ0n) is 17.0. The number of amides is 1. The number of carbonyl (C=O) groups excluding carboxylic acids is 1. The van der Waals surface area contributed by atoms with Crippen LogP contribution in [-0.4, -0.2) is 22.2 Å². The second-order valence-corrected chi connectivity index (χ2v) is 8.70. The van der Waals surface area contributed by atoms with Gasteiger partial charge in [0.05, 0.1) is 5.36 Å². The predicted octanol–water partition coefficient (Wildman–Crippen LogP) is 3.76. The lowest BCUT2D eigenvalue weighted by Gasteiger charge is -2.32. The Morgan fingerprint density at radius 1 is 1.00 bits per heavy atom. The Labute approximate surface area is 194 Å². The minimum atomic E-state index is -0.419. The molecule has 2 heterocycles. The molecule has 0 bridgehead atoms. The fourth-order valence-corrected chi connectivity index (χ4v) is 4.47. The summed E-state index contributed by atoms with van der Waals surface area (Å²) in [6, 6.07) is 25.3. The third-order valence-corrected chi connectivity index (χ3v) is 6.28. The van der Waals surface area contributed by atoms with Gasteiger partial charge in [-0.3, -0.25) is 15.1 Å². The van der Waals surface area contributed by atoms with Crippen LogP contribution < -0.4 is 15.9 Å². The Bertz CT molecular complexity index is 1340. The molecule has 1 amide bonds. The minimum absolute atomic E-state index is 0.181. The highest BCUT2D eigenvalue weighted by Crippen LogP contribution is 2.24. The first kappa shape index (κ1) is 20.5. The van der Waals surface area contributed by atoms with Crippen molar-refractivity contribution in [1.82, 2.24) is 10.3 Å². The van der Waals surface area contributed by atoms with Crippen molar-refractivity contribution in [3.05, 3.63) is 112 Å². The van der Waals surface area contributed by atoms with E-state index < -0.39 is 6.17 Å². The summed E-state index contributed by atoms with van der Waals surface area (Å²) < 4.78 is 0. The highest BCUT2D eigenvalue weighted by Gasteiger charge is 2.32. The van der Waals surface area contributed by atoms with Crippen LogP contribution in [0.15, 0.2) is 95.0 Å². The van der Waals surface area contributed by atoms with Crippen LogP contribution in [0.2, 0.25) is 5.02 Å². The number of para-hydroxylation sites is 1. The lowest BCUT2D eigenvalue weighted by Crippen LogP contribution is -2.52. The summed E-state index contributed by atoms with van der Waals surface area (Å²) in [5.41, 5.74) is 2.67. The smallest absolute Gasteiger partial charge is 0.276 e. The van der Waals surface area contributed by atoms with Gasteiger partial charge >= 0.3 is 0 Å². The van der Waals surface area contributed by atoms with Gasteiger partial charge in [0.15, 0.2) is 11.3 Å². The molecule has 0 saturated carbocycles. The SMILES string of the molecule is O=C1NC(SCc2ccc(Cl)cc2)=NN2C1=c1ccccc1=N[C@H]2/C=C/c1ccccc1. The van der Waals surface area contributed by atoms with Gasteiger partial charge in [-0.2, -0.15) is 0 Å². The molecular weight excluding hydrogens is 440 g/mol. The van der Waals surface area contributed by atoms with E-state index >= 15 is 0 Å². The van der Waals surface area contributed by atoms with Crippen LogP contribution >= 0.6 is 23.4 Å². The Balaban J connectivity index is 1.49. The molecule has 0 aliphatic carbocycles. The van der Waals surface area contributed by atoms with E-state index in [0.717, 1.165) is 21.7 Å². The largest absolute Gasteiger partial charge is 0.298 e. The van der Waals surface area contributed by atoms with Gasteiger partial charge in [0, 0.05) is 16.0 Å². The Kier molecular flexibility index (Phi) is 5.79. The standard InChI is InChI=1S/C25H19ClN4OS/c26-19-13-10-18(11-14-19)16-32-25-28-24(31)23-20-8-4-5-9-21(20)27-22(30(23)29-25)15-12-17-6-2-1-3-7-17/h1-15,22H,16H2,(H,28,29,31)/b15-12+/t22-/m1/s1. The summed E-state index contributed by atoms with van der Waals surface area (Å²) in [6.45, 7) is 0. The van der Waals surface area contributed by atoms with Gasteiger partial charge in [0.2, 0.25) is 0 Å². The van der Waals surface area contributed by atoms with Gasteiger partial charge in [-0.25, -0.2) is 5.01 Å². The monoisotopic (exact) mass is 458 g/mol. The van der Waals surface area contributed by atoms with Crippen molar-refractivity contribution in [2.45, 2.75) is 11.9 Å². The van der Waals surface area contributed by atoms with Gasteiger partial charge in [0.1, 0.15) is 5.70 Å². The number of amidine groups is 1. The number of thioether (sulfide) groups is 1. The van der Waals surface area contributed by atoms with Crippen LogP contribution in [-0.2, 0) is 10.5 Å². The lowest BCUT2D eigenvalue weighted by atomic mass is 10.1. The van der Waals surface area contributed by atoms with Crippen molar-refractivity contribution in [1.29, 1.82) is 0 Å². The molecule has 0 aromatic heterocycles. The van der Waals surface area contributed by atoms with Gasteiger partial charge in [-0.05, 0) is 35.4 Å². The van der Waals surface area contributed by atoms with Gasteiger partial charge in [-0.15, -0.1) is 5.10 Å². The normalized spacial score (nSPS) is 17.3. The van der Waals surface area contributed by atoms with Crippen LogP contribution in [0.25, 0.3) is 11.8 Å². The molecule has 3 aromatic rings. The molecule has 5 nitrogen and oxygen atoms in total. The highest BCUT2D eigenvalue weighted by molar-refractivity contribution is 8.13. The molecule has 0 radical (unpaired) electrons. The number of nitrogens with one attached hydrogen (secondary N) is 1. The van der Waals surface area contributed by atoms with E-state index in [2.05, 4.69) is 5.32 Å². The maximum Gasteiger partial charge on any atom is 0.276 e. The Morgan fingerprint density at radius 3 is 2.56 bits per heavy atom. The molecule has 7 heteroatoms. The van der Waals surface area contributed by atoms with Crippen molar-refractivity contribution in [3.8, 4) is 0 Å². The zero-order valence-corrected chi connectivity index (χ0v) is 18.6. The molecule has 1 N–H and O–H groups in total. The van der Waals surface area contributed by atoms with E-state index in [1.165, 1.54) is 11.8 Å². The van der Waals surface area contributed by atoms with Gasteiger partial charge in [0.25, 0.3) is 5.91 Å². The van der Waals surface area contributed by atoms with E-state index in [-0.39, 0.29) is 5.91 Å². The molecule has 158 valence electrons. The van der Waals surface area contributed by atoms with Crippen LogP contribution in [0.5, 0.6) is 0 Å². The molecule has 0 fully saturated rings. The van der Waals surface area contributed by atoms with Crippen LogP contribution in [0.3, 0.4) is 0 Å². The summed E-state index contributed by atoms with van der Waals surface area (Å²) in [5.74, 6) is 0.483. The summed E-state index contributed by atoms with van der Waals surface area (Å²) >= 11 is 7.44. The molecule has 3 aromatic carbocycles. The van der Waals surface area contributed by atoms with Crippen LogP contribution in [0.1, 0.15) is 11.1 Å². The summed E-state index contributed by atoms with van der Waals surface area (Å²) in [6.07, 6.45) is 3.55. The quantitative estimate of drug-likeness (QED) is 0.647. The van der Waals surface area contributed by atoms with Crippen molar-refractivity contribution in [2.75, 3.05) is 0 Å². The molecule has 2 aliphatic heterocycles. The van der Waals surface area contributed by atoms with E-state index in [9.17, 15) is 4.79 Å². The van der Waals surface area contributed by atoms with E-state index in [1.54, 1.807) is 5.01 Å². The number of benzene rings is 3. The van der Waals surface area contributed by atoms with Gasteiger partial charge < -0.3 is 0 Å². The lowest BCUT2D eigenvalue weighted by molar-refractivity contribution is -0.116. The fourth-order valence-electron chi connectivity index (χ4n) is 3.54. The molecule has 0 spiro atoms. The van der Waals surface area contributed by atoms with E-state index in [1.807, 2.05) is 91.0 Å². The van der Waals surface area contributed by atoms with Crippen molar-refractivity contribution >= 4 is 46.2 Å². The summed E-state index contributed by atoms with van der Waals surface area (Å²) in [7, 11) is 0. The minimum Gasteiger partial charge on any atom is -0.298 e. The average molecular weight is 459 g/mol. The number of hydrazone groups is 1. The van der Waals surface area contributed by atoms with Crippen LogP contribution in [0, 0.1) is 0 Å². The second kappa shape index (κ2) is 9.02. The Morgan fingerprint density at radius 2 is 1.75 bits per heavy atom. The van der Waals surface area contributed by atoms with Crippen LogP contribution in [0.4, 0.5) is 0 Å². The third-order valence-electron chi connectivity index (χ3n) is 5.09. The number of carbonyl (C=O) groups is 1. The number of rotatable bonds is 4. The zero-order chi connectivity index (χ0) is 21.9. The predicted molar refractivity (Wildman–Crippen MR) is 130 cm³/mol. The Hall–Kier alpha value is -3.35. The first-order valence-electron chi connectivity index (χ1n) is 10.1. The third kappa shape index (κ3) is 4.33. The first-order valence-corrected chi connectivity index (χ1v) is 11.5. The topological polar surface area (TPSA) is 57.1 Å². The van der Waals surface area contributed by atoms with E-state index in [4.69, 9.17) is 21.7 Å². The molecule has 5 rings (SSSR count).